The van der Waals surface area contributed by atoms with Crippen LogP contribution in [0.4, 0.5) is 5.95 Å². The summed E-state index contributed by atoms with van der Waals surface area (Å²) in [5, 5.41) is 3.59. The summed E-state index contributed by atoms with van der Waals surface area (Å²) < 4.78 is 2.15. The number of rotatable bonds is 8. The highest BCUT2D eigenvalue weighted by atomic mass is 15.3. The number of nitrogens with one attached hydrogen (secondary N) is 1. The maximum atomic E-state index is 4.43. The number of hydrogen-bond donors (Lipinski definition) is 1. The molecule has 110 valence electrons. The second-order valence-corrected chi connectivity index (χ2v) is 6.11. The molecule has 1 rings (SSSR count). The first-order valence-corrected chi connectivity index (χ1v) is 7.33. The van der Waals surface area contributed by atoms with Crippen LogP contribution in [0.3, 0.4) is 0 Å². The molecule has 0 spiro atoms. The van der Waals surface area contributed by atoms with Gasteiger partial charge in [0.2, 0.25) is 5.95 Å². The van der Waals surface area contributed by atoms with Crippen molar-refractivity contribution < 1.29 is 0 Å². The molecule has 1 aromatic heterocycles. The Hall–Kier alpha value is -1.03. The van der Waals surface area contributed by atoms with Crippen molar-refractivity contribution in [1.29, 1.82) is 0 Å². The van der Waals surface area contributed by atoms with E-state index in [1.165, 1.54) is 25.0 Å². The van der Waals surface area contributed by atoms with Gasteiger partial charge in [0.05, 0.1) is 11.9 Å². The largest absolute Gasteiger partial charge is 0.348 e. The second kappa shape index (κ2) is 7.53. The summed E-state index contributed by atoms with van der Waals surface area (Å²) in [5.74, 6) is 1.82. The van der Waals surface area contributed by atoms with Gasteiger partial charge in [-0.2, -0.15) is 0 Å². The van der Waals surface area contributed by atoms with Crippen molar-refractivity contribution in [2.24, 2.45) is 13.0 Å². The minimum absolute atomic E-state index is 0.566. The predicted molar refractivity (Wildman–Crippen MR) is 82.5 cm³/mol. The number of nitrogens with zero attached hydrogens (tertiary/aromatic N) is 3. The van der Waals surface area contributed by atoms with Crippen molar-refractivity contribution in [3.63, 3.8) is 0 Å². The Bertz CT molecular complexity index is 368. The third-order valence-electron chi connectivity index (χ3n) is 3.51. The Morgan fingerprint density at radius 2 is 1.95 bits per heavy atom. The number of imidazole rings is 1. The molecule has 0 aliphatic heterocycles. The minimum atomic E-state index is 0.566. The lowest BCUT2D eigenvalue weighted by Gasteiger charge is -2.16. The third-order valence-corrected chi connectivity index (χ3v) is 3.51. The average Bonchev–Trinajstić information content (AvgIpc) is 2.67. The lowest BCUT2D eigenvalue weighted by Crippen LogP contribution is -2.26. The van der Waals surface area contributed by atoms with Gasteiger partial charge in [0.15, 0.2) is 0 Å². The van der Waals surface area contributed by atoms with Gasteiger partial charge >= 0.3 is 0 Å². The van der Waals surface area contributed by atoms with E-state index >= 15 is 0 Å². The van der Waals surface area contributed by atoms with Crippen LogP contribution in [0.2, 0.25) is 0 Å². The third kappa shape index (κ3) is 5.23. The molecule has 1 atom stereocenters. The monoisotopic (exact) mass is 266 g/mol. The molecule has 0 radical (unpaired) electrons. The fraction of sp³-hybridized carbons (Fsp3) is 0.800. The molecule has 0 aliphatic carbocycles. The highest BCUT2D eigenvalue weighted by Gasteiger charge is 2.09. The Morgan fingerprint density at radius 1 is 1.26 bits per heavy atom. The van der Waals surface area contributed by atoms with Crippen molar-refractivity contribution in [3.8, 4) is 0 Å². The topological polar surface area (TPSA) is 33.1 Å². The van der Waals surface area contributed by atoms with E-state index in [9.17, 15) is 0 Å². The molecule has 1 heterocycles. The lowest BCUT2D eigenvalue weighted by molar-refractivity contribution is 0.453. The summed E-state index contributed by atoms with van der Waals surface area (Å²) in [6, 6.07) is 0.566. The van der Waals surface area contributed by atoms with E-state index in [-0.39, 0.29) is 0 Å². The van der Waals surface area contributed by atoms with Gasteiger partial charge in [-0.05, 0) is 19.3 Å². The van der Waals surface area contributed by atoms with E-state index in [4.69, 9.17) is 0 Å². The Balaban J connectivity index is 2.36. The minimum Gasteiger partial charge on any atom is -0.348 e. The Morgan fingerprint density at radius 3 is 2.47 bits per heavy atom. The first-order chi connectivity index (χ1) is 8.91. The van der Waals surface area contributed by atoms with Crippen LogP contribution in [0.1, 0.15) is 45.7 Å². The van der Waals surface area contributed by atoms with Gasteiger partial charge in [0, 0.05) is 33.7 Å². The van der Waals surface area contributed by atoms with E-state index in [0.29, 0.717) is 6.04 Å². The molecule has 0 amide bonds. The van der Waals surface area contributed by atoms with Crippen LogP contribution in [-0.2, 0) is 13.6 Å². The number of aromatic nitrogens is 2. The Labute approximate surface area is 118 Å². The molecule has 0 aromatic carbocycles. The standard InChI is InChI=1S/C15H30N4/c1-12(2)8-7-9-13(3)16-10-14-11-17-15(18(4)5)19(14)6/h11-13,16H,7-10H2,1-6H3. The SMILES string of the molecule is CC(C)CCCC(C)NCc1cnc(N(C)C)n1C. The van der Waals surface area contributed by atoms with Crippen molar-refractivity contribution in [2.75, 3.05) is 19.0 Å². The highest BCUT2D eigenvalue weighted by Crippen LogP contribution is 2.12. The van der Waals surface area contributed by atoms with Gasteiger partial charge in [0.25, 0.3) is 0 Å². The van der Waals surface area contributed by atoms with Gasteiger partial charge in [0.1, 0.15) is 0 Å². The molecule has 0 saturated carbocycles. The molecule has 0 aliphatic rings. The number of anilines is 1. The molecule has 19 heavy (non-hydrogen) atoms. The zero-order valence-corrected chi connectivity index (χ0v) is 13.4. The first kappa shape index (κ1) is 16.0. The van der Waals surface area contributed by atoms with Crippen LogP contribution < -0.4 is 10.2 Å². The zero-order chi connectivity index (χ0) is 14.4. The molecular formula is C15H30N4. The van der Waals surface area contributed by atoms with Crippen LogP contribution in [0.25, 0.3) is 0 Å². The quantitative estimate of drug-likeness (QED) is 0.785. The summed E-state index contributed by atoms with van der Waals surface area (Å²) in [7, 11) is 6.12. The van der Waals surface area contributed by atoms with Crippen LogP contribution in [0.15, 0.2) is 6.20 Å². The van der Waals surface area contributed by atoms with E-state index in [0.717, 1.165) is 18.4 Å². The highest BCUT2D eigenvalue weighted by molar-refractivity contribution is 5.30. The predicted octanol–water partition coefficient (Wildman–Crippen LogP) is 2.79. The molecule has 1 aromatic rings. The number of hydrogen-bond acceptors (Lipinski definition) is 3. The first-order valence-electron chi connectivity index (χ1n) is 7.33. The van der Waals surface area contributed by atoms with E-state index in [1.54, 1.807) is 0 Å². The zero-order valence-electron chi connectivity index (χ0n) is 13.4. The van der Waals surface area contributed by atoms with E-state index in [2.05, 4.69) is 42.7 Å². The van der Waals surface area contributed by atoms with Gasteiger partial charge in [-0.3, -0.25) is 0 Å². The summed E-state index contributed by atoms with van der Waals surface area (Å²) in [6.07, 6.45) is 5.84. The van der Waals surface area contributed by atoms with Crippen LogP contribution >= 0.6 is 0 Å². The Kier molecular flexibility index (Phi) is 6.35. The van der Waals surface area contributed by atoms with Crippen LogP contribution in [-0.4, -0.2) is 29.7 Å². The van der Waals surface area contributed by atoms with Gasteiger partial charge in [-0.1, -0.05) is 26.7 Å². The van der Waals surface area contributed by atoms with Crippen molar-refractivity contribution in [2.45, 2.75) is 52.6 Å². The fourth-order valence-electron chi connectivity index (χ4n) is 2.23. The second-order valence-electron chi connectivity index (χ2n) is 6.11. The maximum Gasteiger partial charge on any atom is 0.204 e. The molecular weight excluding hydrogens is 236 g/mol. The van der Waals surface area contributed by atoms with Crippen LogP contribution in [0, 0.1) is 5.92 Å². The van der Waals surface area contributed by atoms with Crippen molar-refractivity contribution in [3.05, 3.63) is 11.9 Å². The summed E-state index contributed by atoms with van der Waals surface area (Å²) in [6.45, 7) is 7.73. The molecule has 0 saturated heterocycles. The van der Waals surface area contributed by atoms with Crippen molar-refractivity contribution >= 4 is 5.95 Å². The fourth-order valence-corrected chi connectivity index (χ4v) is 2.23. The van der Waals surface area contributed by atoms with Gasteiger partial charge in [-0.25, -0.2) is 4.98 Å². The summed E-state index contributed by atoms with van der Waals surface area (Å²) >= 11 is 0. The average molecular weight is 266 g/mol. The van der Waals surface area contributed by atoms with E-state index in [1.807, 2.05) is 25.2 Å². The van der Waals surface area contributed by atoms with Gasteiger partial charge in [-0.15, -0.1) is 0 Å². The maximum absolute atomic E-state index is 4.43. The molecule has 4 heteroatoms. The van der Waals surface area contributed by atoms with Crippen LogP contribution in [0.5, 0.6) is 0 Å². The molecule has 0 fully saturated rings. The lowest BCUT2D eigenvalue weighted by atomic mass is 10.0. The summed E-state index contributed by atoms with van der Waals surface area (Å²) in [5.41, 5.74) is 1.24. The normalized spacial score (nSPS) is 13.0. The molecule has 1 N–H and O–H groups in total. The van der Waals surface area contributed by atoms with Gasteiger partial charge < -0.3 is 14.8 Å². The molecule has 0 bridgehead atoms. The van der Waals surface area contributed by atoms with Crippen molar-refractivity contribution in [1.82, 2.24) is 14.9 Å². The smallest absolute Gasteiger partial charge is 0.204 e. The van der Waals surface area contributed by atoms with E-state index < -0.39 is 0 Å². The molecule has 4 nitrogen and oxygen atoms in total. The summed E-state index contributed by atoms with van der Waals surface area (Å²) in [4.78, 5) is 6.46. The molecule has 1 unspecified atom stereocenters.